The van der Waals surface area contributed by atoms with E-state index < -0.39 is 0 Å². The molecule has 0 aliphatic rings. The summed E-state index contributed by atoms with van der Waals surface area (Å²) >= 11 is 0. The SMILES string of the molecule is Cc1ccccc1/C=C/CC(C)(C)C. The maximum Gasteiger partial charge on any atom is -0.0231 e. The average molecular weight is 188 g/mol. The van der Waals surface area contributed by atoms with Crippen LogP contribution in [0.3, 0.4) is 0 Å². The Morgan fingerprint density at radius 3 is 2.36 bits per heavy atom. The van der Waals surface area contributed by atoms with Crippen LogP contribution in [0.25, 0.3) is 6.08 Å². The Morgan fingerprint density at radius 2 is 1.79 bits per heavy atom. The van der Waals surface area contributed by atoms with E-state index in [2.05, 4.69) is 64.1 Å². The molecule has 0 aromatic heterocycles. The average Bonchev–Trinajstić information content (AvgIpc) is 2.06. The van der Waals surface area contributed by atoms with Gasteiger partial charge in [-0.2, -0.15) is 0 Å². The molecule has 0 heteroatoms. The van der Waals surface area contributed by atoms with Gasteiger partial charge in [0.25, 0.3) is 0 Å². The molecule has 0 radical (unpaired) electrons. The van der Waals surface area contributed by atoms with Crippen LogP contribution in [0.2, 0.25) is 0 Å². The number of aryl methyl sites for hydroxylation is 1. The maximum atomic E-state index is 2.27. The zero-order valence-corrected chi connectivity index (χ0v) is 9.67. The van der Waals surface area contributed by atoms with E-state index in [1.807, 2.05) is 0 Å². The van der Waals surface area contributed by atoms with Gasteiger partial charge in [0.15, 0.2) is 0 Å². The van der Waals surface area contributed by atoms with Crippen LogP contribution in [-0.4, -0.2) is 0 Å². The third-order valence-corrected chi connectivity index (χ3v) is 2.22. The van der Waals surface area contributed by atoms with E-state index in [9.17, 15) is 0 Å². The van der Waals surface area contributed by atoms with Crippen molar-refractivity contribution in [2.45, 2.75) is 34.1 Å². The Labute approximate surface area is 87.7 Å². The minimum absolute atomic E-state index is 0.388. The molecule has 0 saturated heterocycles. The van der Waals surface area contributed by atoms with Gasteiger partial charge in [-0.3, -0.25) is 0 Å². The molecule has 0 amide bonds. The topological polar surface area (TPSA) is 0 Å². The molecule has 0 atom stereocenters. The lowest BCUT2D eigenvalue weighted by Crippen LogP contribution is -2.01. The summed E-state index contributed by atoms with van der Waals surface area (Å²) in [6, 6.07) is 8.48. The standard InChI is InChI=1S/C14H20/c1-12-8-5-6-9-13(12)10-7-11-14(2,3)4/h5-10H,11H2,1-4H3/b10-7+. The Bertz CT molecular complexity index is 313. The molecule has 1 aromatic carbocycles. The van der Waals surface area contributed by atoms with Gasteiger partial charge >= 0.3 is 0 Å². The second kappa shape index (κ2) is 4.45. The molecule has 1 aromatic rings. The van der Waals surface area contributed by atoms with Gasteiger partial charge in [0, 0.05) is 0 Å². The van der Waals surface area contributed by atoms with E-state index in [0.29, 0.717) is 5.41 Å². The van der Waals surface area contributed by atoms with Crippen LogP contribution in [0.4, 0.5) is 0 Å². The van der Waals surface area contributed by atoms with Crippen LogP contribution < -0.4 is 0 Å². The summed E-state index contributed by atoms with van der Waals surface area (Å²) in [4.78, 5) is 0. The van der Waals surface area contributed by atoms with E-state index in [-0.39, 0.29) is 0 Å². The zero-order valence-electron chi connectivity index (χ0n) is 9.67. The predicted octanol–water partition coefficient (Wildman–Crippen LogP) is 4.44. The van der Waals surface area contributed by atoms with Gasteiger partial charge in [0.05, 0.1) is 0 Å². The zero-order chi connectivity index (χ0) is 10.6. The molecule has 14 heavy (non-hydrogen) atoms. The normalized spacial score (nSPS) is 12.3. The molecule has 0 heterocycles. The van der Waals surface area contributed by atoms with E-state index >= 15 is 0 Å². The first-order valence-electron chi connectivity index (χ1n) is 5.21. The predicted molar refractivity (Wildman–Crippen MR) is 64.3 cm³/mol. The monoisotopic (exact) mass is 188 g/mol. The molecule has 0 saturated carbocycles. The van der Waals surface area contributed by atoms with Crippen molar-refractivity contribution in [1.29, 1.82) is 0 Å². The highest BCUT2D eigenvalue weighted by Crippen LogP contribution is 2.20. The molecule has 76 valence electrons. The summed E-state index contributed by atoms with van der Waals surface area (Å²) in [7, 11) is 0. The van der Waals surface area contributed by atoms with E-state index in [1.54, 1.807) is 0 Å². The van der Waals surface area contributed by atoms with Gasteiger partial charge in [0.1, 0.15) is 0 Å². The van der Waals surface area contributed by atoms with Crippen molar-refractivity contribution >= 4 is 6.08 Å². The molecule has 0 aliphatic heterocycles. The number of hydrogen-bond acceptors (Lipinski definition) is 0. The van der Waals surface area contributed by atoms with E-state index in [0.717, 1.165) is 6.42 Å². The Balaban J connectivity index is 2.65. The molecule has 1 rings (SSSR count). The fourth-order valence-corrected chi connectivity index (χ4v) is 1.31. The van der Waals surface area contributed by atoms with Crippen molar-refractivity contribution in [3.63, 3.8) is 0 Å². The fourth-order valence-electron chi connectivity index (χ4n) is 1.31. The van der Waals surface area contributed by atoms with Crippen molar-refractivity contribution in [2.24, 2.45) is 5.41 Å². The highest BCUT2D eigenvalue weighted by atomic mass is 14.1. The third kappa shape index (κ3) is 3.78. The lowest BCUT2D eigenvalue weighted by Gasteiger charge is -2.14. The Hall–Kier alpha value is -1.04. The lowest BCUT2D eigenvalue weighted by molar-refractivity contribution is 0.421. The third-order valence-electron chi connectivity index (χ3n) is 2.22. The van der Waals surface area contributed by atoms with Gasteiger partial charge in [0.2, 0.25) is 0 Å². The summed E-state index contributed by atoms with van der Waals surface area (Å²) in [6.07, 6.45) is 5.62. The van der Waals surface area contributed by atoms with E-state index in [1.165, 1.54) is 11.1 Å². The number of allylic oxidation sites excluding steroid dienone is 1. The van der Waals surface area contributed by atoms with Crippen LogP contribution in [0, 0.1) is 12.3 Å². The summed E-state index contributed by atoms with van der Waals surface area (Å²) in [5.74, 6) is 0. The van der Waals surface area contributed by atoms with Crippen molar-refractivity contribution in [1.82, 2.24) is 0 Å². The van der Waals surface area contributed by atoms with Crippen molar-refractivity contribution in [2.75, 3.05) is 0 Å². The number of benzene rings is 1. The first-order chi connectivity index (χ1) is 6.49. The van der Waals surface area contributed by atoms with Gasteiger partial charge in [-0.05, 0) is 29.9 Å². The second-order valence-electron chi connectivity index (χ2n) is 5.02. The molecule has 0 unspecified atom stereocenters. The van der Waals surface area contributed by atoms with Crippen molar-refractivity contribution in [3.8, 4) is 0 Å². The first-order valence-corrected chi connectivity index (χ1v) is 5.21. The molecule has 0 nitrogen and oxygen atoms in total. The molecule has 0 aliphatic carbocycles. The van der Waals surface area contributed by atoms with Crippen molar-refractivity contribution < 1.29 is 0 Å². The molecule has 0 N–H and O–H groups in total. The largest absolute Gasteiger partial charge is 0.0834 e. The van der Waals surface area contributed by atoms with Gasteiger partial charge in [-0.25, -0.2) is 0 Å². The van der Waals surface area contributed by atoms with Crippen molar-refractivity contribution in [3.05, 3.63) is 41.5 Å². The smallest absolute Gasteiger partial charge is 0.0231 e. The minimum Gasteiger partial charge on any atom is -0.0834 e. The molecular formula is C14H20. The summed E-state index contributed by atoms with van der Waals surface area (Å²) in [6.45, 7) is 8.93. The van der Waals surface area contributed by atoms with E-state index in [4.69, 9.17) is 0 Å². The van der Waals surface area contributed by atoms with Crippen LogP contribution >= 0.6 is 0 Å². The number of hydrogen-bond donors (Lipinski definition) is 0. The highest BCUT2D eigenvalue weighted by Gasteiger charge is 2.06. The molecule has 0 bridgehead atoms. The first kappa shape index (κ1) is 11.0. The van der Waals surface area contributed by atoms with Crippen LogP contribution in [-0.2, 0) is 0 Å². The van der Waals surface area contributed by atoms with Gasteiger partial charge in [-0.1, -0.05) is 57.2 Å². The molecular weight excluding hydrogens is 168 g/mol. The minimum atomic E-state index is 0.388. The lowest BCUT2D eigenvalue weighted by atomic mass is 9.92. The number of rotatable bonds is 2. The van der Waals surface area contributed by atoms with Crippen LogP contribution in [0.15, 0.2) is 30.3 Å². The summed E-state index contributed by atoms with van der Waals surface area (Å²) < 4.78 is 0. The molecule has 0 fully saturated rings. The summed E-state index contributed by atoms with van der Waals surface area (Å²) in [5.41, 5.74) is 3.06. The highest BCUT2D eigenvalue weighted by molar-refractivity contribution is 5.53. The van der Waals surface area contributed by atoms with Gasteiger partial charge < -0.3 is 0 Å². The molecule has 0 spiro atoms. The quantitative estimate of drug-likeness (QED) is 0.643. The van der Waals surface area contributed by atoms with Crippen LogP contribution in [0.1, 0.15) is 38.3 Å². The second-order valence-corrected chi connectivity index (χ2v) is 5.02. The van der Waals surface area contributed by atoms with Crippen LogP contribution in [0.5, 0.6) is 0 Å². The maximum absolute atomic E-state index is 2.27. The summed E-state index contributed by atoms with van der Waals surface area (Å²) in [5, 5.41) is 0. The van der Waals surface area contributed by atoms with Gasteiger partial charge in [-0.15, -0.1) is 0 Å². The fraction of sp³-hybridized carbons (Fsp3) is 0.429. The Morgan fingerprint density at radius 1 is 1.14 bits per heavy atom. The Kier molecular flexibility index (Phi) is 3.51.